The van der Waals surface area contributed by atoms with Gasteiger partial charge in [0, 0.05) is 18.7 Å². The van der Waals surface area contributed by atoms with E-state index in [1.165, 1.54) is 5.56 Å². The molecule has 1 atom stereocenters. The van der Waals surface area contributed by atoms with Crippen molar-refractivity contribution in [1.29, 1.82) is 0 Å². The topological polar surface area (TPSA) is 21.3 Å². The summed E-state index contributed by atoms with van der Waals surface area (Å²) in [5.41, 5.74) is 1.25. The molecule has 0 heterocycles. The molecule has 0 bridgehead atoms. The minimum Gasteiger partial charge on any atom is -0.383 e. The van der Waals surface area contributed by atoms with Crippen molar-refractivity contribution >= 4 is 11.6 Å². The normalized spacial score (nSPS) is 12.6. The van der Waals surface area contributed by atoms with E-state index < -0.39 is 0 Å². The molecule has 0 spiro atoms. The molecule has 0 amide bonds. The molecular weight excluding hydrogens is 234 g/mol. The molecule has 1 unspecified atom stereocenters. The van der Waals surface area contributed by atoms with Gasteiger partial charge < -0.3 is 10.1 Å². The van der Waals surface area contributed by atoms with Crippen LogP contribution in [0.5, 0.6) is 0 Å². The Morgan fingerprint density at radius 2 is 2.12 bits per heavy atom. The van der Waals surface area contributed by atoms with E-state index in [1.807, 2.05) is 18.2 Å². The van der Waals surface area contributed by atoms with E-state index in [0.29, 0.717) is 5.92 Å². The lowest BCUT2D eigenvalue weighted by molar-refractivity contribution is 0.198. The van der Waals surface area contributed by atoms with Crippen LogP contribution in [-0.4, -0.2) is 26.8 Å². The van der Waals surface area contributed by atoms with E-state index in [1.54, 1.807) is 7.11 Å². The van der Waals surface area contributed by atoms with Crippen LogP contribution in [0.1, 0.15) is 18.9 Å². The van der Waals surface area contributed by atoms with Crippen LogP contribution in [-0.2, 0) is 11.2 Å². The van der Waals surface area contributed by atoms with Crippen LogP contribution in [0, 0.1) is 5.92 Å². The maximum Gasteiger partial charge on any atom is 0.0587 e. The van der Waals surface area contributed by atoms with Gasteiger partial charge >= 0.3 is 0 Å². The number of hydrogen-bond acceptors (Lipinski definition) is 2. The van der Waals surface area contributed by atoms with Gasteiger partial charge in [-0.2, -0.15) is 0 Å². The third kappa shape index (κ3) is 6.06. The van der Waals surface area contributed by atoms with Gasteiger partial charge in [0.05, 0.1) is 6.61 Å². The molecule has 1 aromatic rings. The summed E-state index contributed by atoms with van der Waals surface area (Å²) in [7, 11) is 1.72. The van der Waals surface area contributed by atoms with Crippen LogP contribution in [0.4, 0.5) is 0 Å². The van der Waals surface area contributed by atoms with Gasteiger partial charge in [0.25, 0.3) is 0 Å². The van der Waals surface area contributed by atoms with Crippen molar-refractivity contribution < 1.29 is 4.74 Å². The van der Waals surface area contributed by atoms with Gasteiger partial charge in [-0.25, -0.2) is 0 Å². The highest BCUT2D eigenvalue weighted by Gasteiger charge is 2.04. The summed E-state index contributed by atoms with van der Waals surface area (Å²) in [6.45, 7) is 4.99. The first-order valence-electron chi connectivity index (χ1n) is 6.17. The van der Waals surface area contributed by atoms with Gasteiger partial charge in [0.15, 0.2) is 0 Å². The Morgan fingerprint density at radius 3 is 2.82 bits per heavy atom. The highest BCUT2D eigenvalue weighted by Crippen LogP contribution is 2.18. The van der Waals surface area contributed by atoms with Gasteiger partial charge in [-0.15, -0.1) is 0 Å². The lowest BCUT2D eigenvalue weighted by Crippen LogP contribution is -2.25. The monoisotopic (exact) mass is 255 g/mol. The first kappa shape index (κ1) is 14.5. The zero-order valence-corrected chi connectivity index (χ0v) is 11.5. The highest BCUT2D eigenvalue weighted by molar-refractivity contribution is 6.31. The number of ether oxygens (including phenoxy) is 1. The minimum atomic E-state index is 0.656. The molecule has 0 radical (unpaired) electrons. The Hall–Kier alpha value is -0.570. The van der Waals surface area contributed by atoms with E-state index in [4.69, 9.17) is 16.3 Å². The summed E-state index contributed by atoms with van der Waals surface area (Å²) in [4.78, 5) is 0. The van der Waals surface area contributed by atoms with E-state index >= 15 is 0 Å². The Kier molecular flexibility index (Phi) is 7.25. The van der Waals surface area contributed by atoms with Gasteiger partial charge in [0.2, 0.25) is 0 Å². The Bertz CT molecular complexity index is 317. The van der Waals surface area contributed by atoms with Crippen molar-refractivity contribution in [3.05, 3.63) is 34.9 Å². The molecular formula is C14H22ClNO. The number of methoxy groups -OCH3 is 1. The summed E-state index contributed by atoms with van der Waals surface area (Å²) in [6.07, 6.45) is 2.20. The van der Waals surface area contributed by atoms with E-state index in [2.05, 4.69) is 18.3 Å². The largest absolute Gasteiger partial charge is 0.383 e. The minimum absolute atomic E-state index is 0.656. The zero-order valence-electron chi connectivity index (χ0n) is 10.7. The zero-order chi connectivity index (χ0) is 12.5. The Balaban J connectivity index is 2.19. The first-order chi connectivity index (χ1) is 8.24. The van der Waals surface area contributed by atoms with Crippen molar-refractivity contribution in [1.82, 2.24) is 5.32 Å². The maximum atomic E-state index is 6.12. The molecule has 1 aromatic carbocycles. The second-order valence-corrected chi connectivity index (χ2v) is 4.84. The molecule has 0 aliphatic rings. The average Bonchev–Trinajstić information content (AvgIpc) is 2.34. The smallest absolute Gasteiger partial charge is 0.0587 e. The standard InChI is InChI=1S/C14H22ClNO/c1-12(11-16-9-10-17-2)7-8-13-5-3-4-6-14(13)15/h3-6,12,16H,7-11H2,1-2H3. The molecule has 96 valence electrons. The Labute approximate surface area is 109 Å². The predicted molar refractivity (Wildman–Crippen MR) is 73.7 cm³/mol. The summed E-state index contributed by atoms with van der Waals surface area (Å²) < 4.78 is 4.99. The second-order valence-electron chi connectivity index (χ2n) is 4.43. The van der Waals surface area contributed by atoms with Crippen LogP contribution in [0.3, 0.4) is 0 Å². The van der Waals surface area contributed by atoms with Crippen LogP contribution >= 0.6 is 11.6 Å². The van der Waals surface area contributed by atoms with Gasteiger partial charge in [-0.05, 0) is 36.9 Å². The molecule has 0 aromatic heterocycles. The predicted octanol–water partition coefficient (Wildman–Crippen LogP) is 3.14. The quantitative estimate of drug-likeness (QED) is 0.721. The number of nitrogens with one attached hydrogen (secondary N) is 1. The van der Waals surface area contributed by atoms with Gasteiger partial charge in [-0.1, -0.05) is 36.7 Å². The lowest BCUT2D eigenvalue weighted by Gasteiger charge is -2.12. The third-order valence-electron chi connectivity index (χ3n) is 2.84. The number of aryl methyl sites for hydroxylation is 1. The number of hydrogen-bond donors (Lipinski definition) is 1. The van der Waals surface area contributed by atoms with Crippen LogP contribution < -0.4 is 5.32 Å². The molecule has 0 aliphatic heterocycles. The van der Waals surface area contributed by atoms with Gasteiger partial charge in [0.1, 0.15) is 0 Å². The molecule has 0 saturated carbocycles. The number of halogens is 1. The molecule has 0 saturated heterocycles. The van der Waals surface area contributed by atoms with Crippen molar-refractivity contribution in [2.24, 2.45) is 5.92 Å². The van der Waals surface area contributed by atoms with E-state index in [-0.39, 0.29) is 0 Å². The molecule has 17 heavy (non-hydrogen) atoms. The van der Waals surface area contributed by atoms with E-state index in [9.17, 15) is 0 Å². The van der Waals surface area contributed by atoms with Crippen LogP contribution in [0.2, 0.25) is 5.02 Å². The third-order valence-corrected chi connectivity index (χ3v) is 3.21. The Morgan fingerprint density at radius 1 is 1.35 bits per heavy atom. The second kappa shape index (κ2) is 8.51. The molecule has 3 heteroatoms. The fourth-order valence-corrected chi connectivity index (χ4v) is 1.96. The number of rotatable bonds is 8. The molecule has 0 fully saturated rings. The fraction of sp³-hybridized carbons (Fsp3) is 0.571. The SMILES string of the molecule is COCCNCC(C)CCc1ccccc1Cl. The van der Waals surface area contributed by atoms with Gasteiger partial charge in [-0.3, -0.25) is 0 Å². The summed E-state index contributed by atoms with van der Waals surface area (Å²) in [5, 5.41) is 4.26. The first-order valence-corrected chi connectivity index (χ1v) is 6.55. The van der Waals surface area contributed by atoms with Crippen LogP contribution in [0.25, 0.3) is 0 Å². The van der Waals surface area contributed by atoms with Crippen LogP contribution in [0.15, 0.2) is 24.3 Å². The van der Waals surface area contributed by atoms with Crippen molar-refractivity contribution in [3.63, 3.8) is 0 Å². The lowest BCUT2D eigenvalue weighted by atomic mass is 10.0. The van der Waals surface area contributed by atoms with E-state index in [0.717, 1.165) is 37.6 Å². The summed E-state index contributed by atoms with van der Waals surface area (Å²) in [5.74, 6) is 0.656. The van der Waals surface area contributed by atoms with Crippen molar-refractivity contribution in [3.8, 4) is 0 Å². The molecule has 0 aliphatic carbocycles. The molecule has 1 N–H and O–H groups in total. The van der Waals surface area contributed by atoms with Crippen molar-refractivity contribution in [2.75, 3.05) is 26.8 Å². The number of benzene rings is 1. The summed E-state index contributed by atoms with van der Waals surface area (Å²) in [6, 6.07) is 8.08. The average molecular weight is 256 g/mol. The molecule has 2 nitrogen and oxygen atoms in total. The maximum absolute atomic E-state index is 6.12. The molecule has 1 rings (SSSR count). The highest BCUT2D eigenvalue weighted by atomic mass is 35.5. The summed E-state index contributed by atoms with van der Waals surface area (Å²) >= 11 is 6.12. The van der Waals surface area contributed by atoms with Crippen molar-refractivity contribution in [2.45, 2.75) is 19.8 Å². The fourth-order valence-electron chi connectivity index (χ4n) is 1.73.